The molecule has 0 amide bonds. The van der Waals surface area contributed by atoms with Crippen LogP contribution in [0.15, 0.2) is 18.2 Å². The predicted molar refractivity (Wildman–Crippen MR) is 82.9 cm³/mol. The van der Waals surface area contributed by atoms with Crippen LogP contribution in [0.1, 0.15) is 43.2 Å². The number of aryl methyl sites for hydroxylation is 1. The van der Waals surface area contributed by atoms with Gasteiger partial charge in [-0.05, 0) is 36.8 Å². The van der Waals surface area contributed by atoms with Crippen LogP contribution in [0.4, 0.5) is 5.69 Å². The van der Waals surface area contributed by atoms with Crippen molar-refractivity contribution >= 4 is 5.69 Å². The summed E-state index contributed by atoms with van der Waals surface area (Å²) in [5.41, 5.74) is 4.31. The third-order valence-electron chi connectivity index (χ3n) is 4.98. The van der Waals surface area contributed by atoms with Crippen LogP contribution in [0.3, 0.4) is 0 Å². The minimum atomic E-state index is 0.141. The van der Waals surface area contributed by atoms with Crippen molar-refractivity contribution in [2.75, 3.05) is 25.0 Å². The summed E-state index contributed by atoms with van der Waals surface area (Å²) in [5.74, 6) is 0. The second-order valence-electron chi connectivity index (χ2n) is 6.45. The molecule has 1 aromatic rings. The summed E-state index contributed by atoms with van der Waals surface area (Å²) in [4.78, 5) is 0. The molecular weight excluding hydrogens is 248 g/mol. The number of anilines is 1. The van der Waals surface area contributed by atoms with Crippen molar-refractivity contribution < 1.29 is 5.11 Å². The topological polar surface area (TPSA) is 44.3 Å². The molecule has 0 unspecified atom stereocenters. The van der Waals surface area contributed by atoms with Crippen LogP contribution >= 0.6 is 0 Å². The number of aliphatic hydroxyl groups is 1. The van der Waals surface area contributed by atoms with E-state index in [-0.39, 0.29) is 5.41 Å². The molecule has 1 saturated carbocycles. The molecule has 2 aliphatic rings. The Morgan fingerprint density at radius 1 is 1.20 bits per heavy atom. The summed E-state index contributed by atoms with van der Waals surface area (Å²) in [5, 5.41) is 16.8. The Bertz CT molecular complexity index is 452. The van der Waals surface area contributed by atoms with Crippen LogP contribution in [0.25, 0.3) is 0 Å². The number of hydrogen-bond acceptors (Lipinski definition) is 3. The highest BCUT2D eigenvalue weighted by molar-refractivity contribution is 5.59. The van der Waals surface area contributed by atoms with E-state index in [1.807, 2.05) is 0 Å². The zero-order valence-corrected chi connectivity index (χ0v) is 12.3. The average Bonchev–Trinajstić information content (AvgIpc) is 2.97. The van der Waals surface area contributed by atoms with Crippen molar-refractivity contribution in [3.63, 3.8) is 0 Å². The van der Waals surface area contributed by atoms with Crippen LogP contribution in [0, 0.1) is 5.41 Å². The zero-order valence-electron chi connectivity index (χ0n) is 12.3. The lowest BCUT2D eigenvalue weighted by Gasteiger charge is -2.27. The molecule has 0 aromatic heterocycles. The summed E-state index contributed by atoms with van der Waals surface area (Å²) in [7, 11) is 0. The highest BCUT2D eigenvalue weighted by Gasteiger charge is 2.32. The molecule has 0 radical (unpaired) electrons. The third kappa shape index (κ3) is 2.84. The minimum Gasteiger partial charge on any atom is -0.396 e. The summed E-state index contributed by atoms with van der Waals surface area (Å²) in [6.07, 6.45) is 7.30. The fourth-order valence-corrected chi connectivity index (χ4v) is 3.71. The van der Waals surface area contributed by atoms with Gasteiger partial charge in [-0.15, -0.1) is 0 Å². The Balaban J connectivity index is 1.61. The molecule has 1 aromatic carbocycles. The lowest BCUT2D eigenvalue weighted by atomic mass is 9.87. The first-order chi connectivity index (χ1) is 9.83. The molecular formula is C17H26N2O. The maximum Gasteiger partial charge on any atom is 0.0499 e. The van der Waals surface area contributed by atoms with Crippen molar-refractivity contribution in [1.82, 2.24) is 5.32 Å². The van der Waals surface area contributed by atoms with Crippen LogP contribution in [-0.2, 0) is 13.0 Å². The summed E-state index contributed by atoms with van der Waals surface area (Å²) in [6.45, 7) is 3.25. The lowest BCUT2D eigenvalue weighted by molar-refractivity contribution is 0.128. The molecule has 1 fully saturated rings. The molecule has 0 bridgehead atoms. The number of aliphatic hydroxyl groups excluding tert-OH is 1. The van der Waals surface area contributed by atoms with Crippen molar-refractivity contribution in [3.8, 4) is 0 Å². The Morgan fingerprint density at radius 3 is 2.85 bits per heavy atom. The largest absolute Gasteiger partial charge is 0.396 e. The average molecular weight is 274 g/mol. The number of rotatable bonds is 5. The van der Waals surface area contributed by atoms with Gasteiger partial charge in [0.05, 0.1) is 0 Å². The summed E-state index contributed by atoms with van der Waals surface area (Å²) < 4.78 is 0. The van der Waals surface area contributed by atoms with Gasteiger partial charge in [-0.1, -0.05) is 31.0 Å². The SMILES string of the molecule is OCC1(CNCc2cccc3c2NCCC3)CCCC1. The van der Waals surface area contributed by atoms with Crippen molar-refractivity contribution in [3.05, 3.63) is 29.3 Å². The van der Waals surface area contributed by atoms with Crippen LogP contribution in [0.5, 0.6) is 0 Å². The Morgan fingerprint density at radius 2 is 2.05 bits per heavy atom. The van der Waals surface area contributed by atoms with Crippen molar-refractivity contribution in [2.24, 2.45) is 5.41 Å². The fraction of sp³-hybridized carbons (Fsp3) is 0.647. The molecule has 1 aliphatic heterocycles. The summed E-state index contributed by atoms with van der Waals surface area (Å²) in [6, 6.07) is 6.61. The number of hydrogen-bond donors (Lipinski definition) is 3. The molecule has 3 rings (SSSR count). The highest BCUT2D eigenvalue weighted by atomic mass is 16.3. The van der Waals surface area contributed by atoms with E-state index in [0.29, 0.717) is 6.61 Å². The molecule has 3 N–H and O–H groups in total. The van der Waals surface area contributed by atoms with Gasteiger partial charge in [0.2, 0.25) is 0 Å². The zero-order chi connectivity index (χ0) is 13.8. The second kappa shape index (κ2) is 6.15. The quantitative estimate of drug-likeness (QED) is 0.773. The Kier molecular flexibility index (Phi) is 4.27. The molecule has 0 spiro atoms. The monoisotopic (exact) mass is 274 g/mol. The van der Waals surface area contributed by atoms with Gasteiger partial charge in [-0.2, -0.15) is 0 Å². The first-order valence-corrected chi connectivity index (χ1v) is 7.99. The predicted octanol–water partition coefficient (Wildman–Crippen LogP) is 2.69. The Labute approximate surface area is 121 Å². The lowest BCUT2D eigenvalue weighted by Crippen LogP contribution is -2.35. The van der Waals surface area contributed by atoms with Gasteiger partial charge in [-0.3, -0.25) is 0 Å². The summed E-state index contributed by atoms with van der Waals surface area (Å²) >= 11 is 0. The molecule has 0 atom stereocenters. The number of nitrogens with one attached hydrogen (secondary N) is 2. The maximum atomic E-state index is 9.65. The molecule has 0 saturated heterocycles. The standard InChI is InChI=1S/C17H26N2O/c20-13-17(8-1-2-9-17)12-18-11-15-6-3-5-14-7-4-10-19-16(14)15/h3,5-6,18-20H,1-2,4,7-13H2. The van der Waals surface area contributed by atoms with Gasteiger partial charge >= 0.3 is 0 Å². The van der Waals surface area contributed by atoms with Crippen molar-refractivity contribution in [1.29, 1.82) is 0 Å². The van der Waals surface area contributed by atoms with Crippen LogP contribution in [-0.4, -0.2) is 24.8 Å². The van der Waals surface area contributed by atoms with Crippen LogP contribution in [0.2, 0.25) is 0 Å². The molecule has 1 aliphatic carbocycles. The molecule has 1 heterocycles. The second-order valence-corrected chi connectivity index (χ2v) is 6.45. The van der Waals surface area contributed by atoms with Gasteiger partial charge in [0.1, 0.15) is 0 Å². The van der Waals surface area contributed by atoms with Crippen LogP contribution < -0.4 is 10.6 Å². The first kappa shape index (κ1) is 13.9. The molecule has 110 valence electrons. The van der Waals surface area contributed by atoms with Crippen molar-refractivity contribution in [2.45, 2.75) is 45.1 Å². The smallest absolute Gasteiger partial charge is 0.0499 e. The number of benzene rings is 1. The molecule has 20 heavy (non-hydrogen) atoms. The van der Waals surface area contributed by atoms with E-state index in [4.69, 9.17) is 0 Å². The van der Waals surface area contributed by atoms with Gasteiger partial charge in [0.15, 0.2) is 0 Å². The third-order valence-corrected chi connectivity index (χ3v) is 4.98. The van der Waals surface area contributed by atoms with Gasteiger partial charge in [0, 0.05) is 37.3 Å². The number of fused-ring (bicyclic) bond motifs is 1. The van der Waals surface area contributed by atoms with E-state index in [1.54, 1.807) is 0 Å². The van der Waals surface area contributed by atoms with Gasteiger partial charge in [0.25, 0.3) is 0 Å². The van der Waals surface area contributed by atoms with E-state index in [1.165, 1.54) is 55.3 Å². The van der Waals surface area contributed by atoms with E-state index >= 15 is 0 Å². The van der Waals surface area contributed by atoms with E-state index in [2.05, 4.69) is 28.8 Å². The fourth-order valence-electron chi connectivity index (χ4n) is 3.71. The number of para-hydroxylation sites is 1. The Hall–Kier alpha value is -1.06. The van der Waals surface area contributed by atoms with E-state index in [9.17, 15) is 5.11 Å². The normalized spacial score (nSPS) is 20.4. The van der Waals surface area contributed by atoms with E-state index in [0.717, 1.165) is 19.6 Å². The highest BCUT2D eigenvalue weighted by Crippen LogP contribution is 2.37. The first-order valence-electron chi connectivity index (χ1n) is 7.99. The maximum absolute atomic E-state index is 9.65. The molecule has 3 nitrogen and oxygen atoms in total. The van der Waals surface area contributed by atoms with Gasteiger partial charge < -0.3 is 15.7 Å². The molecule has 3 heteroatoms. The minimum absolute atomic E-state index is 0.141. The van der Waals surface area contributed by atoms with Gasteiger partial charge in [-0.25, -0.2) is 0 Å². The van der Waals surface area contributed by atoms with E-state index < -0.39 is 0 Å².